The molecular formula is C4H10N2O3S. The summed E-state index contributed by atoms with van der Waals surface area (Å²) < 4.78 is 21.0. The number of nitrogens with two attached hydrogens (primary N) is 2. The van der Waals surface area contributed by atoms with Gasteiger partial charge in [-0.2, -0.15) is 0 Å². The van der Waals surface area contributed by atoms with E-state index >= 15 is 0 Å². The summed E-state index contributed by atoms with van der Waals surface area (Å²) in [6, 6.07) is 0. The molecule has 0 aromatic rings. The average Bonchev–Trinajstić information content (AvgIpc) is 1.60. The summed E-state index contributed by atoms with van der Waals surface area (Å²) in [4.78, 5) is 10.3. The zero-order chi connectivity index (χ0) is 8.36. The zero-order valence-corrected chi connectivity index (χ0v) is 6.39. The summed E-state index contributed by atoms with van der Waals surface area (Å²) in [5.41, 5.74) is 4.74. The van der Waals surface area contributed by atoms with E-state index < -0.39 is 21.2 Å². The van der Waals surface area contributed by atoms with Crippen molar-refractivity contribution in [3.8, 4) is 0 Å². The highest BCUT2D eigenvalue weighted by molar-refractivity contribution is 7.90. The van der Waals surface area contributed by atoms with Crippen LogP contribution in [-0.4, -0.2) is 19.6 Å². The van der Waals surface area contributed by atoms with Crippen LogP contribution in [0.15, 0.2) is 0 Å². The van der Waals surface area contributed by atoms with Crippen molar-refractivity contribution in [3.05, 3.63) is 0 Å². The molecule has 6 heteroatoms. The van der Waals surface area contributed by atoms with E-state index in [1.54, 1.807) is 0 Å². The van der Waals surface area contributed by atoms with Crippen LogP contribution in [0.4, 0.5) is 0 Å². The van der Waals surface area contributed by atoms with Crippen molar-refractivity contribution in [1.82, 2.24) is 0 Å². The van der Waals surface area contributed by atoms with Crippen LogP contribution in [0.1, 0.15) is 13.3 Å². The number of hydrogen-bond donors (Lipinski definition) is 2. The van der Waals surface area contributed by atoms with Crippen molar-refractivity contribution in [2.24, 2.45) is 10.9 Å². The lowest BCUT2D eigenvalue weighted by molar-refractivity contribution is -0.117. The Morgan fingerprint density at radius 3 is 2.00 bits per heavy atom. The summed E-state index contributed by atoms with van der Waals surface area (Å²) in [6.45, 7) is 1.53. The Balaban J connectivity index is 4.55. The largest absolute Gasteiger partial charge is 0.369 e. The number of sulfonamides is 1. The first-order valence-corrected chi connectivity index (χ1v) is 4.31. The van der Waals surface area contributed by atoms with E-state index in [1.165, 1.54) is 6.92 Å². The molecule has 0 fully saturated rings. The Bertz CT molecular complexity index is 221. The molecule has 0 aromatic heterocycles. The topological polar surface area (TPSA) is 103 Å². The van der Waals surface area contributed by atoms with Crippen LogP contribution in [0, 0.1) is 0 Å². The summed E-state index contributed by atoms with van der Waals surface area (Å²) in [7, 11) is -3.79. The summed E-state index contributed by atoms with van der Waals surface area (Å²) in [6.07, 6.45) is 0.119. The lowest BCUT2D eigenvalue weighted by atomic mass is 10.3. The maximum atomic E-state index is 10.5. The molecule has 4 N–H and O–H groups in total. The van der Waals surface area contributed by atoms with Crippen LogP contribution in [0.25, 0.3) is 0 Å². The predicted molar refractivity (Wildman–Crippen MR) is 36.4 cm³/mol. The minimum Gasteiger partial charge on any atom is -0.369 e. The Labute approximate surface area is 59.4 Å². The van der Waals surface area contributed by atoms with E-state index in [1.807, 2.05) is 0 Å². The van der Waals surface area contributed by atoms with Gasteiger partial charge in [0, 0.05) is 0 Å². The molecule has 0 bridgehead atoms. The van der Waals surface area contributed by atoms with Gasteiger partial charge < -0.3 is 5.73 Å². The van der Waals surface area contributed by atoms with Gasteiger partial charge in [-0.15, -0.1) is 0 Å². The molecule has 1 atom stereocenters. The molecule has 0 saturated heterocycles. The first-order chi connectivity index (χ1) is 4.39. The van der Waals surface area contributed by atoms with Gasteiger partial charge in [0.2, 0.25) is 15.9 Å². The van der Waals surface area contributed by atoms with E-state index in [0.29, 0.717) is 0 Å². The lowest BCUT2D eigenvalue weighted by Gasteiger charge is -2.05. The van der Waals surface area contributed by atoms with Crippen LogP contribution >= 0.6 is 0 Å². The highest BCUT2D eigenvalue weighted by atomic mass is 32.2. The molecule has 0 aliphatic carbocycles. The fourth-order valence-corrected chi connectivity index (χ4v) is 1.38. The first-order valence-electron chi connectivity index (χ1n) is 2.70. The predicted octanol–water partition coefficient (Wildman–Crippen LogP) is -1.46. The minimum absolute atomic E-state index is 0.119. The van der Waals surface area contributed by atoms with Gasteiger partial charge in [0.25, 0.3) is 0 Å². The highest BCUT2D eigenvalue weighted by Gasteiger charge is 2.24. The van der Waals surface area contributed by atoms with Crippen LogP contribution in [0.3, 0.4) is 0 Å². The summed E-state index contributed by atoms with van der Waals surface area (Å²) in [5, 5.41) is 3.42. The molecule has 0 spiro atoms. The van der Waals surface area contributed by atoms with Gasteiger partial charge in [0.15, 0.2) is 5.25 Å². The normalized spacial score (nSPS) is 14.6. The third-order valence-corrected chi connectivity index (χ3v) is 2.44. The molecule has 0 heterocycles. The number of primary amides is 1. The minimum atomic E-state index is -3.79. The molecule has 60 valence electrons. The molecule has 0 saturated carbocycles. The molecular weight excluding hydrogens is 156 g/mol. The second-order valence-corrected chi connectivity index (χ2v) is 3.64. The van der Waals surface area contributed by atoms with E-state index in [-0.39, 0.29) is 6.42 Å². The monoisotopic (exact) mass is 166 g/mol. The zero-order valence-electron chi connectivity index (χ0n) is 5.57. The van der Waals surface area contributed by atoms with E-state index in [9.17, 15) is 13.2 Å². The molecule has 0 aromatic carbocycles. The first kappa shape index (κ1) is 9.38. The van der Waals surface area contributed by atoms with Crippen molar-refractivity contribution in [2.75, 3.05) is 0 Å². The molecule has 1 unspecified atom stereocenters. The van der Waals surface area contributed by atoms with Crippen molar-refractivity contribution in [2.45, 2.75) is 18.6 Å². The summed E-state index contributed by atoms with van der Waals surface area (Å²) >= 11 is 0. The molecule has 0 radical (unpaired) electrons. The molecule has 0 rings (SSSR count). The van der Waals surface area contributed by atoms with Crippen LogP contribution in [0.5, 0.6) is 0 Å². The second-order valence-electron chi connectivity index (χ2n) is 1.89. The number of carbonyl (C=O) groups excluding carboxylic acids is 1. The fraction of sp³-hybridized carbons (Fsp3) is 0.750. The summed E-state index contributed by atoms with van der Waals surface area (Å²) in [5.74, 6) is -0.898. The third kappa shape index (κ3) is 2.32. The Hall–Kier alpha value is -0.620. The molecule has 1 amide bonds. The number of primary sulfonamides is 1. The van der Waals surface area contributed by atoms with Crippen LogP contribution < -0.4 is 10.9 Å². The average molecular weight is 166 g/mol. The van der Waals surface area contributed by atoms with Crippen LogP contribution in [0.2, 0.25) is 0 Å². The van der Waals surface area contributed by atoms with Gasteiger partial charge in [-0.3, -0.25) is 4.79 Å². The van der Waals surface area contributed by atoms with Crippen molar-refractivity contribution in [1.29, 1.82) is 0 Å². The number of rotatable bonds is 3. The van der Waals surface area contributed by atoms with E-state index in [4.69, 9.17) is 5.73 Å². The van der Waals surface area contributed by atoms with Crippen molar-refractivity contribution in [3.63, 3.8) is 0 Å². The standard InChI is InChI=1S/C4H10N2O3S/c1-2-3(4(5)7)10(6,8)9/h3H,2H2,1H3,(H2,5,7)(H2,6,8,9). The van der Waals surface area contributed by atoms with Gasteiger partial charge in [-0.05, 0) is 6.42 Å². The molecule has 0 aliphatic heterocycles. The SMILES string of the molecule is CCC(C(N)=O)S(N)(=O)=O. The van der Waals surface area contributed by atoms with E-state index in [2.05, 4.69) is 5.14 Å². The number of hydrogen-bond acceptors (Lipinski definition) is 3. The van der Waals surface area contributed by atoms with Gasteiger partial charge in [0.1, 0.15) is 0 Å². The Morgan fingerprint density at radius 1 is 1.60 bits per heavy atom. The number of carbonyl (C=O) groups is 1. The van der Waals surface area contributed by atoms with Crippen molar-refractivity contribution >= 4 is 15.9 Å². The van der Waals surface area contributed by atoms with Gasteiger partial charge in [-0.1, -0.05) is 6.92 Å². The Morgan fingerprint density at radius 2 is 2.00 bits per heavy atom. The molecule has 10 heavy (non-hydrogen) atoms. The second kappa shape index (κ2) is 2.98. The van der Waals surface area contributed by atoms with Gasteiger partial charge >= 0.3 is 0 Å². The smallest absolute Gasteiger partial charge is 0.237 e. The fourth-order valence-electron chi connectivity index (χ4n) is 0.595. The number of amides is 1. The van der Waals surface area contributed by atoms with Gasteiger partial charge in [-0.25, -0.2) is 13.6 Å². The highest BCUT2D eigenvalue weighted by Crippen LogP contribution is 1.99. The molecule has 0 aliphatic rings. The van der Waals surface area contributed by atoms with Crippen molar-refractivity contribution < 1.29 is 13.2 Å². The lowest BCUT2D eigenvalue weighted by Crippen LogP contribution is -2.39. The molecule has 5 nitrogen and oxygen atoms in total. The third-order valence-electron chi connectivity index (χ3n) is 1.08. The van der Waals surface area contributed by atoms with Crippen LogP contribution in [-0.2, 0) is 14.8 Å². The quantitative estimate of drug-likeness (QED) is 0.535. The Kier molecular flexibility index (Phi) is 2.79. The maximum Gasteiger partial charge on any atom is 0.237 e. The van der Waals surface area contributed by atoms with E-state index in [0.717, 1.165) is 0 Å². The maximum absolute atomic E-state index is 10.5. The van der Waals surface area contributed by atoms with Gasteiger partial charge in [0.05, 0.1) is 0 Å².